The Morgan fingerprint density at radius 2 is 1.03 bits per heavy atom. The van der Waals surface area contributed by atoms with Crippen molar-refractivity contribution in [1.82, 2.24) is 0 Å². The number of benzene rings is 4. The largest absolute Gasteiger partial charge is 0.497 e. The third kappa shape index (κ3) is 23.9. The third-order valence-corrected chi connectivity index (χ3v) is 16.7. The van der Waals surface area contributed by atoms with E-state index in [4.69, 9.17) is 61.6 Å². The van der Waals surface area contributed by atoms with E-state index < -0.39 is 97.6 Å². The Morgan fingerprint density at radius 3 is 1.41 bits per heavy atom. The highest BCUT2D eigenvalue weighted by atomic mass is 28.3. The van der Waals surface area contributed by atoms with E-state index in [1.54, 1.807) is 145 Å². The summed E-state index contributed by atoms with van der Waals surface area (Å²) in [6.45, 7) is 21.2. The molecule has 0 amide bonds. The van der Waals surface area contributed by atoms with Crippen LogP contribution >= 0.6 is 0 Å². The minimum Gasteiger partial charge on any atom is -0.497 e. The van der Waals surface area contributed by atoms with Crippen LogP contribution < -0.4 is 18.9 Å². The number of carbonyl (C=O) groups is 4. The Labute approximate surface area is 547 Å². The van der Waals surface area contributed by atoms with E-state index in [2.05, 4.69) is 19.6 Å². The van der Waals surface area contributed by atoms with Crippen LogP contribution in [0.25, 0.3) is 12.2 Å². The smallest absolute Gasteiger partial charge is 0.342 e. The van der Waals surface area contributed by atoms with Crippen LogP contribution in [0.15, 0.2) is 121 Å². The van der Waals surface area contributed by atoms with Crippen molar-refractivity contribution < 1.29 is 99.8 Å². The topological polar surface area (TPSA) is 229 Å². The molecular weight excluding hydrogens is 1220 g/mol. The van der Waals surface area contributed by atoms with Crippen LogP contribution in [0.4, 0.5) is 8.78 Å². The minimum atomic E-state index is -2.11. The predicted molar refractivity (Wildman–Crippen MR) is 353 cm³/mol. The molecule has 0 bridgehead atoms. The first-order valence-corrected chi connectivity index (χ1v) is 34.0. The standard InChI is InChI=1S/C38H53FO9Si.C32H39FO10.CH4/c1-26(2)38(5,39)20-19-30(46-35(40)27-15-12-11-13-16-27)34-31(47-37(3,4)48-34)18-14-17-28-23-29(43-7)24-32(45-25-42-6)33(28)36(41)44-21-22-49(8,9)10;1-20(34)32(4,33)16-15-24(41-30(37)21-11-8-7-9-12-21)28-25(42-31(2,3)43-28)14-10-13-22-17-23(39-6)18-26(40-19-38-5)27(22)29(35)36;/h11-17,19-20,23-24,26,30-31,34H,18,21-22,25H2,1-10H3;7-13,15-18,20,24-25,28,34H,14,19H2,1-6H3,(H,35,36);1H4/b17-14+,20-19-;13-10+,16-15-;. The molecule has 6 rings (SSSR count). The molecule has 0 aromatic heterocycles. The molecular formula is C71H96F2O19Si. The zero-order valence-corrected chi connectivity index (χ0v) is 56.7. The fraction of sp³-hybridized carbons (Fsp3) is 0.493. The van der Waals surface area contributed by atoms with Crippen molar-refractivity contribution in [3.8, 4) is 23.0 Å². The van der Waals surface area contributed by atoms with Gasteiger partial charge in [-0.1, -0.05) is 102 Å². The summed E-state index contributed by atoms with van der Waals surface area (Å²) in [5.74, 6) is -4.20. The Bertz CT molecular complexity index is 3170. The van der Waals surface area contributed by atoms with Crippen molar-refractivity contribution in [3.63, 3.8) is 0 Å². The molecule has 0 saturated carbocycles. The molecule has 22 heteroatoms. The van der Waals surface area contributed by atoms with Gasteiger partial charge in [-0.15, -0.1) is 0 Å². The molecule has 93 heavy (non-hydrogen) atoms. The van der Waals surface area contributed by atoms with E-state index in [1.807, 2.05) is 6.08 Å². The molecule has 2 N–H and O–H groups in total. The summed E-state index contributed by atoms with van der Waals surface area (Å²) in [6.07, 6.45) is 6.51. The number of hydrogen-bond donors (Lipinski definition) is 2. The van der Waals surface area contributed by atoms with Gasteiger partial charge in [0.2, 0.25) is 0 Å². The highest BCUT2D eigenvalue weighted by molar-refractivity contribution is 6.76. The number of aliphatic hydroxyl groups excluding tert-OH is 1. The summed E-state index contributed by atoms with van der Waals surface area (Å²) in [6, 6.07) is 24.1. The first kappa shape index (κ1) is 78.2. The number of rotatable bonds is 31. The molecule has 512 valence electrons. The van der Waals surface area contributed by atoms with E-state index in [-0.39, 0.29) is 56.0 Å². The summed E-state index contributed by atoms with van der Waals surface area (Å²) in [7, 11) is 4.43. The van der Waals surface area contributed by atoms with E-state index >= 15 is 4.39 Å². The third-order valence-electron chi connectivity index (χ3n) is 14.9. The highest BCUT2D eigenvalue weighted by Crippen LogP contribution is 2.38. The number of allylic oxidation sites excluding steroid dienone is 1. The number of aliphatic hydroxyl groups is 1. The van der Waals surface area contributed by atoms with Crippen LogP contribution in [0.1, 0.15) is 135 Å². The lowest BCUT2D eigenvalue weighted by Gasteiger charge is -2.26. The molecule has 2 aliphatic rings. The molecule has 4 aromatic carbocycles. The Morgan fingerprint density at radius 1 is 0.624 bits per heavy atom. The Kier molecular flexibility index (Phi) is 29.7. The van der Waals surface area contributed by atoms with Crippen molar-refractivity contribution in [1.29, 1.82) is 0 Å². The number of esters is 3. The summed E-state index contributed by atoms with van der Waals surface area (Å²) < 4.78 is 105. The van der Waals surface area contributed by atoms with Gasteiger partial charge in [0.05, 0.1) is 50.3 Å². The van der Waals surface area contributed by atoms with Gasteiger partial charge in [-0.3, -0.25) is 0 Å². The minimum absolute atomic E-state index is 0. The zero-order chi connectivity index (χ0) is 68.2. The SMILES string of the molecule is C.COCOc1cc(OC)cc(/C=C/CC2OC(C)(C)OC2C(/C=C\C(C)(F)C(C)C)OC(=O)c2ccccc2)c1C(=O)OCC[Si](C)(C)C.COCOc1cc(OC)cc(/C=C/CC2OC(C)(C)OC2C(/C=C\C(C)(F)C(C)O)OC(=O)c2ccccc2)c1C(=O)O. The lowest BCUT2D eigenvalue weighted by atomic mass is 9.92. The van der Waals surface area contributed by atoms with Crippen LogP contribution in [0.2, 0.25) is 25.7 Å². The summed E-state index contributed by atoms with van der Waals surface area (Å²) in [5.41, 5.74) is -2.15. The number of halogens is 2. The van der Waals surface area contributed by atoms with Crippen LogP contribution in [0.3, 0.4) is 0 Å². The maximum atomic E-state index is 15.4. The van der Waals surface area contributed by atoms with E-state index in [1.165, 1.54) is 67.4 Å². The molecule has 4 aromatic rings. The normalized spacial score (nSPS) is 20.0. The first-order valence-electron chi connectivity index (χ1n) is 30.3. The maximum Gasteiger partial charge on any atom is 0.342 e. The number of carboxylic acid groups (broad SMARTS) is 1. The van der Waals surface area contributed by atoms with E-state index in [0.29, 0.717) is 46.8 Å². The first-order chi connectivity index (χ1) is 43.2. The van der Waals surface area contributed by atoms with Gasteiger partial charge in [-0.05, 0) is 145 Å². The van der Waals surface area contributed by atoms with Gasteiger partial charge >= 0.3 is 23.9 Å². The van der Waals surface area contributed by atoms with Crippen molar-refractivity contribution in [3.05, 3.63) is 155 Å². The predicted octanol–water partition coefficient (Wildman–Crippen LogP) is 14.1. The molecule has 0 aliphatic carbocycles. The molecule has 0 spiro atoms. The van der Waals surface area contributed by atoms with Crippen LogP contribution in [-0.4, -0.2) is 156 Å². The van der Waals surface area contributed by atoms with Gasteiger partial charge in [0, 0.05) is 34.4 Å². The van der Waals surface area contributed by atoms with Crippen molar-refractivity contribution in [2.45, 2.75) is 174 Å². The number of hydrogen-bond acceptors (Lipinski definition) is 18. The van der Waals surface area contributed by atoms with Gasteiger partial charge in [0.1, 0.15) is 64.2 Å². The average Bonchev–Trinajstić information content (AvgIpc) is 1.88. The summed E-state index contributed by atoms with van der Waals surface area (Å²) in [4.78, 5) is 51.8. The van der Waals surface area contributed by atoms with Crippen molar-refractivity contribution >= 4 is 44.1 Å². The molecule has 0 radical (unpaired) electrons. The Balaban J connectivity index is 0.000000395. The molecule has 2 saturated heterocycles. The van der Waals surface area contributed by atoms with Crippen LogP contribution in [0.5, 0.6) is 23.0 Å². The highest BCUT2D eigenvalue weighted by Gasteiger charge is 2.47. The second-order valence-corrected chi connectivity index (χ2v) is 30.5. The number of carbonyl (C=O) groups excluding carboxylic acids is 3. The molecule has 2 fully saturated rings. The number of alkyl halides is 2. The zero-order valence-electron chi connectivity index (χ0n) is 55.7. The number of carboxylic acids is 1. The lowest BCUT2D eigenvalue weighted by molar-refractivity contribution is -0.153. The fourth-order valence-corrected chi connectivity index (χ4v) is 10.0. The van der Waals surface area contributed by atoms with E-state index in [9.17, 15) is 33.8 Å². The van der Waals surface area contributed by atoms with Crippen molar-refractivity contribution in [2.24, 2.45) is 5.92 Å². The summed E-state index contributed by atoms with van der Waals surface area (Å²) >= 11 is 0. The van der Waals surface area contributed by atoms with Gasteiger partial charge in [0.25, 0.3) is 0 Å². The van der Waals surface area contributed by atoms with Gasteiger partial charge in [0.15, 0.2) is 30.8 Å². The molecule has 2 heterocycles. The van der Waals surface area contributed by atoms with Gasteiger partial charge in [-0.25, -0.2) is 28.0 Å². The van der Waals surface area contributed by atoms with Gasteiger partial charge < -0.3 is 71.8 Å². The molecule has 19 nitrogen and oxygen atoms in total. The Hall–Kier alpha value is -7.28. The number of aromatic carboxylic acids is 1. The molecule has 9 unspecified atom stereocenters. The lowest BCUT2D eigenvalue weighted by Crippen LogP contribution is -2.38. The van der Waals surface area contributed by atoms with Gasteiger partial charge in [-0.2, -0.15) is 0 Å². The van der Waals surface area contributed by atoms with E-state index in [0.717, 1.165) is 12.1 Å². The second kappa shape index (κ2) is 35.3. The number of methoxy groups -OCH3 is 4. The van der Waals surface area contributed by atoms with Crippen LogP contribution in [0, 0.1) is 5.92 Å². The monoisotopic (exact) mass is 1320 g/mol. The van der Waals surface area contributed by atoms with Crippen LogP contribution in [-0.2, 0) is 42.6 Å². The van der Waals surface area contributed by atoms with Crippen molar-refractivity contribution in [2.75, 3.05) is 48.6 Å². The quantitative estimate of drug-likeness (QED) is 0.0157. The maximum absolute atomic E-state index is 15.4. The fourth-order valence-electron chi connectivity index (χ4n) is 9.33. The number of ether oxygens (including phenoxy) is 13. The average molecular weight is 1320 g/mol. The second-order valence-electron chi connectivity index (χ2n) is 24.9. The molecule has 9 atom stereocenters. The summed E-state index contributed by atoms with van der Waals surface area (Å²) in [5, 5.41) is 19.8. The molecule has 2 aliphatic heterocycles.